The standard InChI is InChI=1S/C8H12N4O3/c1-2-3-4-15-8(14)6-5(11-12-9)7(13)10-6/h5-6H,2-4H2,1H3,(H,10,13). The maximum absolute atomic E-state index is 11.3. The molecule has 1 aliphatic heterocycles. The summed E-state index contributed by atoms with van der Waals surface area (Å²) in [6.45, 7) is 2.30. The molecule has 2 atom stereocenters. The largest absolute Gasteiger partial charge is 0.464 e. The Kier molecular flexibility index (Phi) is 3.93. The molecule has 0 aliphatic carbocycles. The summed E-state index contributed by atoms with van der Waals surface area (Å²) in [5, 5.41) is 5.54. The topological polar surface area (TPSA) is 104 Å². The molecule has 0 radical (unpaired) electrons. The molecule has 0 spiro atoms. The number of ether oxygens (including phenoxy) is 1. The van der Waals surface area contributed by atoms with Gasteiger partial charge in [0.25, 0.3) is 0 Å². The van der Waals surface area contributed by atoms with Crippen molar-refractivity contribution in [2.45, 2.75) is 31.8 Å². The van der Waals surface area contributed by atoms with Crippen LogP contribution in [0.2, 0.25) is 0 Å². The minimum absolute atomic E-state index is 0.324. The first-order chi connectivity index (χ1) is 7.20. The Balaban J connectivity index is 2.40. The van der Waals surface area contributed by atoms with Crippen molar-refractivity contribution < 1.29 is 14.3 Å². The van der Waals surface area contributed by atoms with Crippen LogP contribution in [0, 0.1) is 0 Å². The van der Waals surface area contributed by atoms with Gasteiger partial charge < -0.3 is 10.1 Å². The third-order valence-corrected chi connectivity index (χ3v) is 2.05. The minimum Gasteiger partial charge on any atom is -0.464 e. The second-order valence-electron chi connectivity index (χ2n) is 3.16. The number of rotatable bonds is 5. The van der Waals surface area contributed by atoms with E-state index in [1.165, 1.54) is 0 Å². The highest BCUT2D eigenvalue weighted by Gasteiger charge is 2.44. The average Bonchev–Trinajstić information content (AvgIpc) is 2.22. The average molecular weight is 212 g/mol. The molecular formula is C8H12N4O3. The Hall–Kier alpha value is -1.75. The number of amides is 1. The number of hydrogen-bond donors (Lipinski definition) is 1. The van der Waals surface area contributed by atoms with Crippen molar-refractivity contribution >= 4 is 11.9 Å². The van der Waals surface area contributed by atoms with Gasteiger partial charge in [0, 0.05) is 4.91 Å². The van der Waals surface area contributed by atoms with Crippen LogP contribution in [0.15, 0.2) is 5.11 Å². The third-order valence-electron chi connectivity index (χ3n) is 2.05. The van der Waals surface area contributed by atoms with Crippen molar-refractivity contribution in [1.29, 1.82) is 0 Å². The van der Waals surface area contributed by atoms with Gasteiger partial charge in [-0.1, -0.05) is 18.5 Å². The van der Waals surface area contributed by atoms with Crippen LogP contribution < -0.4 is 5.32 Å². The number of nitrogens with zero attached hydrogens (tertiary/aromatic N) is 3. The van der Waals surface area contributed by atoms with Crippen LogP contribution in [0.1, 0.15) is 19.8 Å². The summed E-state index contributed by atoms with van der Waals surface area (Å²) in [4.78, 5) is 24.7. The zero-order valence-corrected chi connectivity index (χ0v) is 8.34. The van der Waals surface area contributed by atoms with Gasteiger partial charge in [-0.05, 0) is 12.0 Å². The summed E-state index contributed by atoms with van der Waals surface area (Å²) in [7, 11) is 0. The maximum atomic E-state index is 11.3. The quantitative estimate of drug-likeness (QED) is 0.179. The van der Waals surface area contributed by atoms with Crippen LogP contribution >= 0.6 is 0 Å². The summed E-state index contributed by atoms with van der Waals surface area (Å²) < 4.78 is 4.87. The van der Waals surface area contributed by atoms with Gasteiger partial charge in [0.05, 0.1) is 6.61 Å². The highest BCUT2D eigenvalue weighted by Crippen LogP contribution is 2.12. The molecule has 1 rings (SSSR count). The maximum Gasteiger partial charge on any atom is 0.329 e. The predicted octanol–water partition coefficient (Wildman–Crippen LogP) is 0.507. The SMILES string of the molecule is CCCCOC(=O)C1NC(=O)C1N=[N+]=[N-]. The van der Waals surface area contributed by atoms with E-state index >= 15 is 0 Å². The fraction of sp³-hybridized carbons (Fsp3) is 0.750. The molecule has 1 aliphatic rings. The van der Waals surface area contributed by atoms with E-state index in [4.69, 9.17) is 10.3 Å². The molecule has 1 fully saturated rings. The molecule has 1 saturated heterocycles. The first kappa shape index (κ1) is 11.3. The summed E-state index contributed by atoms with van der Waals surface area (Å²) in [6, 6.07) is -1.77. The fourth-order valence-electron chi connectivity index (χ4n) is 1.14. The first-order valence-electron chi connectivity index (χ1n) is 4.72. The lowest BCUT2D eigenvalue weighted by Gasteiger charge is -2.31. The van der Waals surface area contributed by atoms with E-state index in [1.54, 1.807) is 0 Å². The summed E-state index contributed by atoms with van der Waals surface area (Å²) in [5.74, 6) is -0.981. The first-order valence-corrected chi connectivity index (χ1v) is 4.72. The zero-order chi connectivity index (χ0) is 11.3. The number of β-lactam (4-membered cyclic amide) rings is 1. The van der Waals surface area contributed by atoms with Crippen molar-refractivity contribution in [3.05, 3.63) is 10.4 Å². The van der Waals surface area contributed by atoms with E-state index in [1.807, 2.05) is 6.92 Å². The molecule has 2 unspecified atom stereocenters. The molecule has 1 N–H and O–H groups in total. The van der Waals surface area contributed by atoms with Gasteiger partial charge in [0.15, 0.2) is 0 Å². The fourth-order valence-corrected chi connectivity index (χ4v) is 1.14. The Morgan fingerprint density at radius 2 is 2.47 bits per heavy atom. The number of nitrogens with one attached hydrogen (secondary N) is 1. The van der Waals surface area contributed by atoms with Crippen molar-refractivity contribution in [2.24, 2.45) is 5.11 Å². The lowest BCUT2D eigenvalue weighted by molar-refractivity contribution is -0.154. The van der Waals surface area contributed by atoms with E-state index in [0.717, 1.165) is 12.8 Å². The molecule has 82 valence electrons. The molecule has 0 bridgehead atoms. The van der Waals surface area contributed by atoms with Gasteiger partial charge >= 0.3 is 5.97 Å². The lowest BCUT2D eigenvalue weighted by atomic mass is 10.0. The number of hydrogen-bond acceptors (Lipinski definition) is 4. The number of esters is 1. The molecule has 0 aromatic carbocycles. The molecule has 1 heterocycles. The van der Waals surface area contributed by atoms with Crippen molar-refractivity contribution in [1.82, 2.24) is 5.32 Å². The second kappa shape index (κ2) is 5.21. The van der Waals surface area contributed by atoms with Gasteiger partial charge in [-0.25, -0.2) is 4.79 Å². The molecule has 0 saturated carbocycles. The van der Waals surface area contributed by atoms with Gasteiger partial charge in [0.2, 0.25) is 5.91 Å². The van der Waals surface area contributed by atoms with E-state index in [9.17, 15) is 9.59 Å². The van der Waals surface area contributed by atoms with E-state index in [-0.39, 0.29) is 0 Å². The minimum atomic E-state index is -0.955. The smallest absolute Gasteiger partial charge is 0.329 e. The van der Waals surface area contributed by atoms with E-state index < -0.39 is 24.0 Å². The van der Waals surface area contributed by atoms with Gasteiger partial charge in [-0.15, -0.1) is 0 Å². The Morgan fingerprint density at radius 1 is 1.73 bits per heavy atom. The highest BCUT2D eigenvalue weighted by atomic mass is 16.5. The molecular weight excluding hydrogens is 200 g/mol. The second-order valence-corrected chi connectivity index (χ2v) is 3.16. The highest BCUT2D eigenvalue weighted by molar-refractivity contribution is 5.99. The monoisotopic (exact) mass is 212 g/mol. The van der Waals surface area contributed by atoms with Gasteiger partial charge in [0.1, 0.15) is 12.1 Å². The van der Waals surface area contributed by atoms with Crippen LogP contribution in [0.25, 0.3) is 10.4 Å². The zero-order valence-electron chi connectivity index (χ0n) is 8.34. The van der Waals surface area contributed by atoms with Gasteiger partial charge in [-0.2, -0.15) is 0 Å². The number of carbonyl (C=O) groups excluding carboxylic acids is 2. The van der Waals surface area contributed by atoms with Crippen LogP contribution in [0.5, 0.6) is 0 Å². The van der Waals surface area contributed by atoms with E-state index in [0.29, 0.717) is 6.61 Å². The number of azide groups is 1. The molecule has 7 heteroatoms. The lowest BCUT2D eigenvalue weighted by Crippen LogP contribution is -2.65. The summed E-state index contributed by atoms with van der Waals surface area (Å²) in [5.41, 5.74) is 8.16. The van der Waals surface area contributed by atoms with E-state index in [2.05, 4.69) is 15.3 Å². The molecule has 7 nitrogen and oxygen atoms in total. The molecule has 0 aromatic rings. The van der Waals surface area contributed by atoms with Crippen molar-refractivity contribution in [3.8, 4) is 0 Å². The van der Waals surface area contributed by atoms with Crippen molar-refractivity contribution in [2.75, 3.05) is 6.61 Å². The Labute approximate surface area is 86.4 Å². The summed E-state index contributed by atoms with van der Waals surface area (Å²) >= 11 is 0. The van der Waals surface area contributed by atoms with Crippen molar-refractivity contribution in [3.63, 3.8) is 0 Å². The predicted molar refractivity (Wildman–Crippen MR) is 50.7 cm³/mol. The van der Waals surface area contributed by atoms with Crippen LogP contribution in [0.4, 0.5) is 0 Å². The number of carbonyl (C=O) groups is 2. The van der Waals surface area contributed by atoms with Crippen LogP contribution in [-0.2, 0) is 14.3 Å². The van der Waals surface area contributed by atoms with Crippen LogP contribution in [-0.4, -0.2) is 30.6 Å². The summed E-state index contributed by atoms with van der Waals surface area (Å²) in [6.07, 6.45) is 1.70. The third kappa shape index (κ3) is 2.60. The molecule has 0 aromatic heterocycles. The normalized spacial score (nSPS) is 23.4. The Morgan fingerprint density at radius 3 is 3.00 bits per heavy atom. The van der Waals surface area contributed by atoms with Crippen LogP contribution in [0.3, 0.4) is 0 Å². The number of unbranched alkanes of at least 4 members (excludes halogenated alkanes) is 1. The molecule has 15 heavy (non-hydrogen) atoms. The van der Waals surface area contributed by atoms with Gasteiger partial charge in [-0.3, -0.25) is 4.79 Å². The Bertz CT molecular complexity index is 309. The molecule has 1 amide bonds.